The molecule has 2 amide bonds. The molecule has 0 bridgehead atoms. The molecule has 2 aromatic rings. The summed E-state index contributed by atoms with van der Waals surface area (Å²) < 4.78 is 5.65. The Balaban J connectivity index is 1.33. The zero-order valence-electron chi connectivity index (χ0n) is 18.6. The fourth-order valence-electron chi connectivity index (χ4n) is 4.99. The van der Waals surface area contributed by atoms with Crippen LogP contribution in [0.2, 0.25) is 0 Å². The highest BCUT2D eigenvalue weighted by molar-refractivity contribution is 5.81. The van der Waals surface area contributed by atoms with E-state index in [4.69, 9.17) is 9.84 Å². The van der Waals surface area contributed by atoms with Crippen LogP contribution in [0.15, 0.2) is 48.5 Å². The maximum atomic E-state index is 12.7. The molecule has 2 aliphatic rings. The molecule has 0 aromatic heterocycles. The molecule has 0 spiro atoms. The minimum atomic E-state index is -0.878. The number of ether oxygens (including phenoxy) is 1. The fraction of sp³-hybridized carbons (Fsp3) is 0.423. The van der Waals surface area contributed by atoms with Crippen LogP contribution in [0, 0.1) is 5.92 Å². The normalized spacial score (nSPS) is 19.3. The Morgan fingerprint density at radius 3 is 2.24 bits per heavy atom. The molecule has 174 valence electrons. The lowest BCUT2D eigenvalue weighted by Crippen LogP contribution is -2.48. The number of benzene rings is 2. The van der Waals surface area contributed by atoms with Crippen LogP contribution in [0.4, 0.5) is 4.79 Å². The summed E-state index contributed by atoms with van der Waals surface area (Å²) in [5.41, 5.74) is 4.66. The van der Waals surface area contributed by atoms with E-state index in [0.717, 1.165) is 30.4 Å². The summed E-state index contributed by atoms with van der Waals surface area (Å²) in [6.07, 6.45) is 3.18. The lowest BCUT2D eigenvalue weighted by Gasteiger charge is -2.31. The van der Waals surface area contributed by atoms with Gasteiger partial charge in [0.05, 0.1) is 5.92 Å². The van der Waals surface area contributed by atoms with Gasteiger partial charge in [-0.15, -0.1) is 0 Å². The lowest BCUT2D eigenvalue weighted by molar-refractivity contribution is -0.137. The number of amides is 2. The van der Waals surface area contributed by atoms with E-state index in [2.05, 4.69) is 34.9 Å². The van der Waals surface area contributed by atoms with E-state index in [9.17, 15) is 14.4 Å². The smallest absolute Gasteiger partial charge is 0.407 e. The SMILES string of the molecule is O=C(O)CCCNC(=O)C1CCCCC1NC(=O)OCC1c2ccccc2-c2ccccc21. The van der Waals surface area contributed by atoms with Crippen molar-refractivity contribution in [3.63, 3.8) is 0 Å². The Morgan fingerprint density at radius 2 is 1.58 bits per heavy atom. The molecule has 2 aliphatic carbocycles. The van der Waals surface area contributed by atoms with Gasteiger partial charge in [0.15, 0.2) is 0 Å². The van der Waals surface area contributed by atoms with Crippen LogP contribution in [-0.2, 0) is 14.3 Å². The second-order valence-corrected chi connectivity index (χ2v) is 8.76. The maximum absolute atomic E-state index is 12.7. The first-order valence-corrected chi connectivity index (χ1v) is 11.7. The van der Waals surface area contributed by atoms with Crippen molar-refractivity contribution < 1.29 is 24.2 Å². The highest BCUT2D eigenvalue weighted by Crippen LogP contribution is 2.44. The molecule has 0 aliphatic heterocycles. The molecular weight excluding hydrogens is 420 g/mol. The third kappa shape index (κ3) is 5.35. The van der Waals surface area contributed by atoms with Crippen molar-refractivity contribution in [2.75, 3.05) is 13.2 Å². The largest absolute Gasteiger partial charge is 0.481 e. The Bertz CT molecular complexity index is 976. The number of hydrogen-bond donors (Lipinski definition) is 3. The van der Waals surface area contributed by atoms with E-state index in [-0.39, 0.29) is 36.8 Å². The van der Waals surface area contributed by atoms with Gasteiger partial charge in [0.1, 0.15) is 6.61 Å². The number of fused-ring (bicyclic) bond motifs is 3. The molecule has 1 saturated carbocycles. The van der Waals surface area contributed by atoms with Crippen LogP contribution >= 0.6 is 0 Å². The highest BCUT2D eigenvalue weighted by Gasteiger charge is 2.33. The Hall–Kier alpha value is -3.35. The number of aliphatic carboxylic acids is 1. The van der Waals surface area contributed by atoms with Gasteiger partial charge >= 0.3 is 12.1 Å². The van der Waals surface area contributed by atoms with Gasteiger partial charge < -0.3 is 20.5 Å². The standard InChI is InChI=1S/C26H30N2O5/c29-24(30)14-7-15-27-25(31)21-12-5-6-13-23(21)28-26(32)33-16-22-19-10-3-1-8-17(19)18-9-2-4-11-20(18)22/h1-4,8-11,21-23H,5-7,12-16H2,(H,27,31)(H,28,32)(H,29,30). The predicted octanol–water partition coefficient (Wildman–Crippen LogP) is 4.06. The summed E-state index contributed by atoms with van der Waals surface area (Å²) in [6.45, 7) is 0.554. The summed E-state index contributed by atoms with van der Waals surface area (Å²) >= 11 is 0. The van der Waals surface area contributed by atoms with Crippen molar-refractivity contribution in [2.24, 2.45) is 5.92 Å². The van der Waals surface area contributed by atoms with Crippen LogP contribution in [-0.4, -0.2) is 42.3 Å². The van der Waals surface area contributed by atoms with Crippen molar-refractivity contribution in [3.05, 3.63) is 59.7 Å². The molecule has 2 unspecified atom stereocenters. The molecule has 7 nitrogen and oxygen atoms in total. The summed E-state index contributed by atoms with van der Waals surface area (Å²) in [4.78, 5) is 35.9. The minimum Gasteiger partial charge on any atom is -0.481 e. The Kier molecular flexibility index (Phi) is 7.27. The molecule has 0 saturated heterocycles. The third-order valence-electron chi connectivity index (χ3n) is 6.62. The van der Waals surface area contributed by atoms with Crippen molar-refractivity contribution in [1.82, 2.24) is 10.6 Å². The van der Waals surface area contributed by atoms with E-state index in [1.807, 2.05) is 24.3 Å². The first-order chi connectivity index (χ1) is 16.0. The Morgan fingerprint density at radius 1 is 0.939 bits per heavy atom. The molecular formula is C26H30N2O5. The van der Waals surface area contributed by atoms with Gasteiger partial charge in [-0.2, -0.15) is 0 Å². The number of rotatable bonds is 8. The minimum absolute atomic E-state index is 0.0113. The van der Waals surface area contributed by atoms with Gasteiger partial charge in [-0.1, -0.05) is 61.4 Å². The van der Waals surface area contributed by atoms with Gasteiger partial charge in [0.25, 0.3) is 0 Å². The molecule has 0 heterocycles. The number of carbonyl (C=O) groups is 3. The van der Waals surface area contributed by atoms with Gasteiger partial charge in [-0.05, 0) is 41.5 Å². The van der Waals surface area contributed by atoms with Gasteiger partial charge in [-0.3, -0.25) is 9.59 Å². The summed E-state index contributed by atoms with van der Waals surface area (Å²) in [5, 5.41) is 14.5. The monoisotopic (exact) mass is 450 g/mol. The summed E-state index contributed by atoms with van der Waals surface area (Å²) in [5.74, 6) is -1.35. The quantitative estimate of drug-likeness (QED) is 0.526. The van der Waals surface area contributed by atoms with E-state index in [1.165, 1.54) is 11.1 Å². The van der Waals surface area contributed by atoms with Crippen LogP contribution in [0.1, 0.15) is 55.6 Å². The topological polar surface area (TPSA) is 105 Å². The van der Waals surface area contributed by atoms with Crippen molar-refractivity contribution >= 4 is 18.0 Å². The molecule has 3 N–H and O–H groups in total. The molecule has 4 rings (SSSR count). The molecule has 1 fully saturated rings. The predicted molar refractivity (Wildman–Crippen MR) is 124 cm³/mol. The summed E-state index contributed by atoms with van der Waals surface area (Å²) in [6, 6.07) is 16.1. The number of carbonyl (C=O) groups excluding carboxylic acids is 2. The molecule has 2 atom stereocenters. The lowest BCUT2D eigenvalue weighted by atomic mass is 9.84. The van der Waals surface area contributed by atoms with Crippen LogP contribution < -0.4 is 10.6 Å². The molecule has 33 heavy (non-hydrogen) atoms. The number of hydrogen-bond acceptors (Lipinski definition) is 4. The van der Waals surface area contributed by atoms with Crippen molar-refractivity contribution in [2.45, 2.75) is 50.5 Å². The van der Waals surface area contributed by atoms with E-state index >= 15 is 0 Å². The van der Waals surface area contributed by atoms with E-state index in [1.54, 1.807) is 0 Å². The van der Waals surface area contributed by atoms with Crippen LogP contribution in [0.3, 0.4) is 0 Å². The first-order valence-electron chi connectivity index (χ1n) is 11.7. The van der Waals surface area contributed by atoms with E-state index < -0.39 is 12.1 Å². The van der Waals surface area contributed by atoms with Gasteiger partial charge in [-0.25, -0.2) is 4.79 Å². The van der Waals surface area contributed by atoms with Gasteiger partial charge in [0.2, 0.25) is 5.91 Å². The third-order valence-corrected chi connectivity index (χ3v) is 6.62. The van der Waals surface area contributed by atoms with Crippen molar-refractivity contribution in [1.29, 1.82) is 0 Å². The first kappa shape index (κ1) is 22.8. The zero-order chi connectivity index (χ0) is 23.2. The number of carboxylic acid groups (broad SMARTS) is 1. The van der Waals surface area contributed by atoms with Crippen LogP contribution in [0.25, 0.3) is 11.1 Å². The maximum Gasteiger partial charge on any atom is 0.407 e. The second-order valence-electron chi connectivity index (χ2n) is 8.76. The number of carboxylic acids is 1. The molecule has 7 heteroatoms. The fourth-order valence-corrected chi connectivity index (χ4v) is 4.99. The average Bonchev–Trinajstić information content (AvgIpc) is 3.14. The van der Waals surface area contributed by atoms with Gasteiger partial charge in [0, 0.05) is 24.9 Å². The zero-order valence-corrected chi connectivity index (χ0v) is 18.6. The summed E-state index contributed by atoms with van der Waals surface area (Å²) in [7, 11) is 0. The number of nitrogens with one attached hydrogen (secondary N) is 2. The molecule has 0 radical (unpaired) electrons. The molecule has 2 aromatic carbocycles. The van der Waals surface area contributed by atoms with E-state index in [0.29, 0.717) is 19.4 Å². The number of alkyl carbamates (subject to hydrolysis) is 1. The van der Waals surface area contributed by atoms with Crippen molar-refractivity contribution in [3.8, 4) is 11.1 Å². The average molecular weight is 451 g/mol. The second kappa shape index (κ2) is 10.5. The Labute approximate surface area is 193 Å². The van der Waals surface area contributed by atoms with Crippen LogP contribution in [0.5, 0.6) is 0 Å². The highest BCUT2D eigenvalue weighted by atomic mass is 16.5.